The van der Waals surface area contributed by atoms with Crippen LogP contribution in [0.2, 0.25) is 5.02 Å². The fourth-order valence-electron chi connectivity index (χ4n) is 3.08. The van der Waals surface area contributed by atoms with Gasteiger partial charge in [-0.1, -0.05) is 29.8 Å². The molecule has 9 heteroatoms. The van der Waals surface area contributed by atoms with Gasteiger partial charge in [0.1, 0.15) is 11.5 Å². The maximum Gasteiger partial charge on any atom is 0.255 e. The number of methoxy groups -OCH3 is 2. The van der Waals surface area contributed by atoms with Crippen molar-refractivity contribution >= 4 is 40.7 Å². The molecule has 0 aromatic heterocycles. The third-order valence-corrected chi connectivity index (χ3v) is 5.08. The molecular weight excluding hydrogens is 458 g/mol. The molecule has 3 rings (SSSR count). The zero-order chi connectivity index (χ0) is 24.5. The molecule has 0 unspecified atom stereocenters. The van der Waals surface area contributed by atoms with Gasteiger partial charge in [0.25, 0.3) is 11.8 Å². The molecule has 3 aromatic carbocycles. The highest BCUT2D eigenvalue weighted by Crippen LogP contribution is 2.36. The lowest BCUT2D eigenvalue weighted by molar-refractivity contribution is -0.116. The fraction of sp³-hybridized carbons (Fsp3) is 0.160. The minimum atomic E-state index is -0.335. The Morgan fingerprint density at radius 2 is 1.32 bits per heavy atom. The topological polar surface area (TPSA) is 106 Å². The number of hydrogen-bond acceptors (Lipinski definition) is 5. The van der Waals surface area contributed by atoms with Crippen molar-refractivity contribution < 1.29 is 23.9 Å². The van der Waals surface area contributed by atoms with Crippen molar-refractivity contribution in [1.82, 2.24) is 5.32 Å². The summed E-state index contributed by atoms with van der Waals surface area (Å²) in [6.45, 7) is 0.137. The highest BCUT2D eigenvalue weighted by Gasteiger charge is 2.16. The summed E-state index contributed by atoms with van der Waals surface area (Å²) in [6.07, 6.45) is 0.0390. The van der Waals surface area contributed by atoms with Crippen molar-refractivity contribution in [3.05, 3.63) is 82.9 Å². The van der Waals surface area contributed by atoms with Gasteiger partial charge in [0.05, 0.1) is 25.6 Å². The molecule has 34 heavy (non-hydrogen) atoms. The Balaban J connectivity index is 1.63. The van der Waals surface area contributed by atoms with E-state index in [1.165, 1.54) is 14.2 Å². The summed E-state index contributed by atoms with van der Waals surface area (Å²) in [5, 5.41) is 8.75. The van der Waals surface area contributed by atoms with E-state index in [1.807, 2.05) is 6.07 Å². The van der Waals surface area contributed by atoms with Crippen LogP contribution >= 0.6 is 11.6 Å². The first-order chi connectivity index (χ1) is 16.4. The van der Waals surface area contributed by atoms with E-state index in [2.05, 4.69) is 16.0 Å². The molecule has 0 heterocycles. The van der Waals surface area contributed by atoms with Crippen LogP contribution in [0.15, 0.2) is 66.7 Å². The monoisotopic (exact) mass is 481 g/mol. The van der Waals surface area contributed by atoms with E-state index < -0.39 is 0 Å². The molecule has 3 N–H and O–H groups in total. The Morgan fingerprint density at radius 1 is 0.765 bits per heavy atom. The van der Waals surface area contributed by atoms with E-state index in [4.69, 9.17) is 21.1 Å². The largest absolute Gasteiger partial charge is 0.494 e. The maximum atomic E-state index is 12.5. The first kappa shape index (κ1) is 24.6. The van der Waals surface area contributed by atoms with Crippen LogP contribution in [0.1, 0.15) is 27.1 Å². The SMILES string of the molecule is COc1cc(NC(=O)c2ccccc2)c(OC)cc1NC(=O)CCNC(=O)c1ccc(Cl)cc1. The molecule has 0 aliphatic rings. The van der Waals surface area contributed by atoms with Gasteiger partial charge in [0.15, 0.2) is 0 Å². The lowest BCUT2D eigenvalue weighted by atomic mass is 10.2. The van der Waals surface area contributed by atoms with Crippen LogP contribution in [0.5, 0.6) is 11.5 Å². The van der Waals surface area contributed by atoms with Crippen LogP contribution in [-0.4, -0.2) is 38.5 Å². The van der Waals surface area contributed by atoms with Crippen molar-refractivity contribution in [3.8, 4) is 11.5 Å². The Bertz CT molecular complexity index is 1170. The average Bonchev–Trinajstić information content (AvgIpc) is 2.85. The number of halogens is 1. The number of ether oxygens (including phenoxy) is 2. The second-order valence-corrected chi connectivity index (χ2v) is 7.57. The standard InChI is InChI=1S/C25H24ClN3O5/c1-33-21-15-20(29-25(32)16-6-4-3-5-7-16)22(34-2)14-19(21)28-23(30)12-13-27-24(31)17-8-10-18(26)11-9-17/h3-11,14-15H,12-13H2,1-2H3,(H,27,31)(H,28,30)(H,29,32). The summed E-state index contributed by atoms with van der Waals surface area (Å²) >= 11 is 5.82. The first-order valence-electron chi connectivity index (χ1n) is 10.4. The molecule has 3 aromatic rings. The van der Waals surface area contributed by atoms with Crippen LogP contribution in [0.3, 0.4) is 0 Å². The Morgan fingerprint density at radius 3 is 1.91 bits per heavy atom. The van der Waals surface area contributed by atoms with E-state index in [0.717, 1.165) is 0 Å². The number of carbonyl (C=O) groups excluding carboxylic acids is 3. The smallest absolute Gasteiger partial charge is 0.255 e. The summed E-state index contributed by atoms with van der Waals surface area (Å²) < 4.78 is 10.8. The normalized spacial score (nSPS) is 10.2. The quantitative estimate of drug-likeness (QED) is 0.421. The molecule has 0 radical (unpaired) electrons. The molecule has 3 amide bonds. The van der Waals surface area contributed by atoms with Gasteiger partial charge in [-0.15, -0.1) is 0 Å². The molecule has 0 saturated heterocycles. The van der Waals surface area contributed by atoms with Crippen LogP contribution in [0.25, 0.3) is 0 Å². The van der Waals surface area contributed by atoms with Gasteiger partial charge in [-0.2, -0.15) is 0 Å². The van der Waals surface area contributed by atoms with Crippen LogP contribution < -0.4 is 25.4 Å². The second kappa shape index (κ2) is 11.7. The van der Waals surface area contributed by atoms with Crippen molar-refractivity contribution in [1.29, 1.82) is 0 Å². The van der Waals surface area contributed by atoms with Gasteiger partial charge in [0, 0.05) is 41.2 Å². The predicted octanol–water partition coefficient (Wildman–Crippen LogP) is 4.37. The number of hydrogen-bond donors (Lipinski definition) is 3. The van der Waals surface area contributed by atoms with Gasteiger partial charge in [0.2, 0.25) is 5.91 Å². The molecule has 0 aliphatic carbocycles. The highest BCUT2D eigenvalue weighted by molar-refractivity contribution is 6.30. The third kappa shape index (κ3) is 6.49. The van der Waals surface area contributed by atoms with Gasteiger partial charge >= 0.3 is 0 Å². The number of amides is 3. The number of carbonyl (C=O) groups is 3. The Hall–Kier alpha value is -4.04. The zero-order valence-electron chi connectivity index (χ0n) is 18.7. The lowest BCUT2D eigenvalue weighted by Gasteiger charge is -2.16. The minimum Gasteiger partial charge on any atom is -0.494 e. The van der Waals surface area contributed by atoms with E-state index in [-0.39, 0.29) is 30.7 Å². The number of nitrogens with one attached hydrogen (secondary N) is 3. The maximum absolute atomic E-state index is 12.5. The summed E-state index contributed by atoms with van der Waals surface area (Å²) in [4.78, 5) is 37.1. The molecule has 0 spiro atoms. The second-order valence-electron chi connectivity index (χ2n) is 7.13. The molecule has 0 fully saturated rings. The van der Waals surface area contributed by atoms with E-state index in [0.29, 0.717) is 39.0 Å². The molecule has 0 saturated carbocycles. The average molecular weight is 482 g/mol. The molecule has 8 nitrogen and oxygen atoms in total. The number of anilines is 2. The van der Waals surface area contributed by atoms with Crippen molar-refractivity contribution in [2.45, 2.75) is 6.42 Å². The molecule has 0 aliphatic heterocycles. The summed E-state index contributed by atoms with van der Waals surface area (Å²) in [5.41, 5.74) is 1.69. The van der Waals surface area contributed by atoms with Gasteiger partial charge in [-0.05, 0) is 36.4 Å². The van der Waals surface area contributed by atoms with Crippen molar-refractivity contribution in [2.75, 3.05) is 31.4 Å². The highest BCUT2D eigenvalue weighted by atomic mass is 35.5. The summed E-state index contributed by atoms with van der Waals surface area (Å²) in [7, 11) is 2.91. The molecule has 0 bridgehead atoms. The predicted molar refractivity (Wildman–Crippen MR) is 131 cm³/mol. The molecule has 176 valence electrons. The first-order valence-corrected chi connectivity index (χ1v) is 10.7. The lowest BCUT2D eigenvalue weighted by Crippen LogP contribution is -2.27. The fourth-order valence-corrected chi connectivity index (χ4v) is 3.21. The van der Waals surface area contributed by atoms with E-state index in [9.17, 15) is 14.4 Å². The summed E-state index contributed by atoms with van der Waals surface area (Å²) in [5.74, 6) is -0.270. The van der Waals surface area contributed by atoms with Crippen LogP contribution in [-0.2, 0) is 4.79 Å². The Labute approximate surface area is 202 Å². The van der Waals surface area contributed by atoms with Gasteiger partial charge in [-0.3, -0.25) is 14.4 Å². The molecular formula is C25H24ClN3O5. The number of rotatable bonds is 9. The van der Waals surface area contributed by atoms with E-state index in [1.54, 1.807) is 60.7 Å². The third-order valence-electron chi connectivity index (χ3n) is 4.82. The zero-order valence-corrected chi connectivity index (χ0v) is 19.4. The molecule has 0 atom stereocenters. The number of benzene rings is 3. The summed E-state index contributed by atoms with van der Waals surface area (Å²) in [6, 6.07) is 18.3. The van der Waals surface area contributed by atoms with Crippen LogP contribution in [0, 0.1) is 0 Å². The minimum absolute atomic E-state index is 0.0390. The van der Waals surface area contributed by atoms with Crippen LogP contribution in [0.4, 0.5) is 11.4 Å². The van der Waals surface area contributed by atoms with Crippen molar-refractivity contribution in [2.24, 2.45) is 0 Å². The van der Waals surface area contributed by atoms with Crippen molar-refractivity contribution in [3.63, 3.8) is 0 Å². The van der Waals surface area contributed by atoms with E-state index >= 15 is 0 Å². The Kier molecular flexibility index (Phi) is 8.48. The van der Waals surface area contributed by atoms with Gasteiger partial charge in [-0.25, -0.2) is 0 Å². The van der Waals surface area contributed by atoms with Gasteiger partial charge < -0.3 is 25.4 Å².